The highest BCUT2D eigenvalue weighted by atomic mass is 16.3. The van der Waals surface area contributed by atoms with Crippen LogP contribution < -0.4 is 5.32 Å². The van der Waals surface area contributed by atoms with Crippen LogP contribution in [0.3, 0.4) is 0 Å². The normalized spacial score (nSPS) is 22.5. The highest BCUT2D eigenvalue weighted by molar-refractivity contribution is 5.91. The highest BCUT2D eigenvalue weighted by Gasteiger charge is 2.28. The van der Waals surface area contributed by atoms with E-state index >= 15 is 0 Å². The maximum atomic E-state index is 12.4. The summed E-state index contributed by atoms with van der Waals surface area (Å²) in [6.45, 7) is 2.82. The number of carbonyl (C=O) groups excluding carboxylic acids is 1. The second-order valence-corrected chi connectivity index (χ2v) is 5.83. The number of hydrogen-bond acceptors (Lipinski definition) is 3. The summed E-state index contributed by atoms with van der Waals surface area (Å²) in [5.74, 6) is 1.54. The van der Waals surface area contributed by atoms with E-state index in [0.29, 0.717) is 6.04 Å². The molecule has 4 nitrogen and oxygen atoms in total. The van der Waals surface area contributed by atoms with E-state index in [1.165, 1.54) is 25.7 Å². The van der Waals surface area contributed by atoms with E-state index in [4.69, 9.17) is 4.42 Å². The quantitative estimate of drug-likeness (QED) is 0.810. The Kier molecular flexibility index (Phi) is 4.21. The van der Waals surface area contributed by atoms with Crippen molar-refractivity contribution < 1.29 is 9.21 Å². The van der Waals surface area contributed by atoms with Gasteiger partial charge in [0.1, 0.15) is 5.76 Å². The SMILES string of the molecule is O=C(/C=C/c1ccco1)N(CC1CC1)CC1CCCN1. The molecule has 3 rings (SSSR count). The smallest absolute Gasteiger partial charge is 0.246 e. The Labute approximate surface area is 119 Å². The van der Waals surface area contributed by atoms with Crippen LogP contribution in [0.1, 0.15) is 31.4 Å². The van der Waals surface area contributed by atoms with Gasteiger partial charge >= 0.3 is 0 Å². The fourth-order valence-corrected chi connectivity index (χ4v) is 2.69. The lowest BCUT2D eigenvalue weighted by atomic mass is 10.2. The summed E-state index contributed by atoms with van der Waals surface area (Å²) in [7, 11) is 0. The first kappa shape index (κ1) is 13.4. The van der Waals surface area contributed by atoms with Crippen molar-refractivity contribution in [1.82, 2.24) is 10.2 Å². The Morgan fingerprint density at radius 2 is 2.30 bits per heavy atom. The van der Waals surface area contributed by atoms with Gasteiger partial charge < -0.3 is 14.6 Å². The molecule has 0 radical (unpaired) electrons. The van der Waals surface area contributed by atoms with E-state index in [9.17, 15) is 4.79 Å². The zero-order chi connectivity index (χ0) is 13.8. The third-order valence-corrected chi connectivity index (χ3v) is 4.02. The first-order valence-corrected chi connectivity index (χ1v) is 7.55. The van der Waals surface area contributed by atoms with Gasteiger partial charge in [-0.15, -0.1) is 0 Å². The lowest BCUT2D eigenvalue weighted by Gasteiger charge is -2.24. The molecule has 1 aliphatic heterocycles. The van der Waals surface area contributed by atoms with Gasteiger partial charge in [-0.1, -0.05) is 0 Å². The van der Waals surface area contributed by atoms with Gasteiger partial charge in [0, 0.05) is 25.2 Å². The van der Waals surface area contributed by atoms with Crippen LogP contribution in [0.2, 0.25) is 0 Å². The van der Waals surface area contributed by atoms with Gasteiger partial charge in [-0.3, -0.25) is 4.79 Å². The van der Waals surface area contributed by atoms with E-state index in [1.807, 2.05) is 17.0 Å². The topological polar surface area (TPSA) is 45.5 Å². The molecule has 1 N–H and O–H groups in total. The second kappa shape index (κ2) is 6.27. The molecule has 1 aromatic heterocycles. The maximum absolute atomic E-state index is 12.4. The van der Waals surface area contributed by atoms with Gasteiger partial charge in [-0.05, 0) is 56.4 Å². The third kappa shape index (κ3) is 3.73. The molecule has 0 bridgehead atoms. The fraction of sp³-hybridized carbons (Fsp3) is 0.562. The number of amides is 1. The van der Waals surface area contributed by atoms with Gasteiger partial charge in [0.15, 0.2) is 0 Å². The predicted molar refractivity (Wildman–Crippen MR) is 78.1 cm³/mol. The minimum atomic E-state index is 0.0991. The minimum absolute atomic E-state index is 0.0991. The molecule has 2 fully saturated rings. The highest BCUT2D eigenvalue weighted by Crippen LogP contribution is 2.30. The van der Waals surface area contributed by atoms with E-state index < -0.39 is 0 Å². The molecule has 1 amide bonds. The molecular weight excluding hydrogens is 252 g/mol. The van der Waals surface area contributed by atoms with Gasteiger partial charge in [-0.25, -0.2) is 0 Å². The number of nitrogens with one attached hydrogen (secondary N) is 1. The first-order chi connectivity index (χ1) is 9.81. The predicted octanol–water partition coefficient (Wildman–Crippen LogP) is 2.28. The van der Waals surface area contributed by atoms with Crippen LogP contribution in [-0.4, -0.2) is 36.5 Å². The molecule has 1 atom stereocenters. The first-order valence-electron chi connectivity index (χ1n) is 7.55. The maximum Gasteiger partial charge on any atom is 0.246 e. The summed E-state index contributed by atoms with van der Waals surface area (Å²) in [6.07, 6.45) is 9.94. The molecule has 1 saturated heterocycles. The molecule has 2 heterocycles. The second-order valence-electron chi connectivity index (χ2n) is 5.83. The van der Waals surface area contributed by atoms with Crippen LogP contribution in [0.4, 0.5) is 0 Å². The molecule has 108 valence electrons. The van der Waals surface area contributed by atoms with Crippen molar-refractivity contribution in [2.45, 2.75) is 31.7 Å². The molecule has 20 heavy (non-hydrogen) atoms. The van der Waals surface area contributed by atoms with Crippen molar-refractivity contribution in [2.75, 3.05) is 19.6 Å². The minimum Gasteiger partial charge on any atom is -0.465 e. The summed E-state index contributed by atoms with van der Waals surface area (Å²) >= 11 is 0. The molecule has 1 unspecified atom stereocenters. The van der Waals surface area contributed by atoms with Crippen LogP contribution in [0.15, 0.2) is 28.9 Å². The monoisotopic (exact) mass is 274 g/mol. The third-order valence-electron chi connectivity index (χ3n) is 4.02. The Balaban J connectivity index is 1.59. The van der Waals surface area contributed by atoms with Crippen molar-refractivity contribution in [3.05, 3.63) is 30.2 Å². The van der Waals surface area contributed by atoms with Gasteiger partial charge in [0.05, 0.1) is 6.26 Å². The van der Waals surface area contributed by atoms with Crippen molar-refractivity contribution in [1.29, 1.82) is 0 Å². The fourth-order valence-electron chi connectivity index (χ4n) is 2.69. The van der Waals surface area contributed by atoms with E-state index in [-0.39, 0.29) is 5.91 Å². The van der Waals surface area contributed by atoms with Gasteiger partial charge in [0.25, 0.3) is 0 Å². The average Bonchev–Trinajstić information content (AvgIpc) is 2.95. The van der Waals surface area contributed by atoms with Crippen LogP contribution in [0, 0.1) is 5.92 Å². The van der Waals surface area contributed by atoms with E-state index in [2.05, 4.69) is 5.32 Å². The van der Waals surface area contributed by atoms with Crippen molar-refractivity contribution in [3.63, 3.8) is 0 Å². The molecule has 0 aromatic carbocycles. The van der Waals surface area contributed by atoms with Gasteiger partial charge in [0.2, 0.25) is 5.91 Å². The number of hydrogen-bond donors (Lipinski definition) is 1. The molecule has 1 saturated carbocycles. The van der Waals surface area contributed by atoms with E-state index in [0.717, 1.165) is 31.3 Å². The summed E-state index contributed by atoms with van der Waals surface area (Å²) < 4.78 is 5.22. The number of furan rings is 1. The van der Waals surface area contributed by atoms with Crippen molar-refractivity contribution in [2.24, 2.45) is 5.92 Å². The van der Waals surface area contributed by atoms with Crippen LogP contribution in [0.5, 0.6) is 0 Å². The zero-order valence-corrected chi connectivity index (χ0v) is 11.8. The molecule has 1 aliphatic carbocycles. The average molecular weight is 274 g/mol. The van der Waals surface area contributed by atoms with Crippen LogP contribution in [-0.2, 0) is 4.79 Å². The lowest BCUT2D eigenvalue weighted by Crippen LogP contribution is -2.41. The van der Waals surface area contributed by atoms with Crippen molar-refractivity contribution in [3.8, 4) is 0 Å². The van der Waals surface area contributed by atoms with Crippen molar-refractivity contribution >= 4 is 12.0 Å². The lowest BCUT2D eigenvalue weighted by molar-refractivity contribution is -0.126. The largest absolute Gasteiger partial charge is 0.465 e. The number of nitrogens with zero attached hydrogens (tertiary/aromatic N) is 1. The summed E-state index contributed by atoms with van der Waals surface area (Å²) in [5.41, 5.74) is 0. The molecule has 4 heteroatoms. The zero-order valence-electron chi connectivity index (χ0n) is 11.8. The van der Waals surface area contributed by atoms with Crippen LogP contribution in [0.25, 0.3) is 6.08 Å². The Morgan fingerprint density at radius 3 is 2.95 bits per heavy atom. The summed E-state index contributed by atoms with van der Waals surface area (Å²) in [4.78, 5) is 14.4. The number of carbonyl (C=O) groups is 1. The summed E-state index contributed by atoms with van der Waals surface area (Å²) in [6, 6.07) is 4.15. The molecule has 1 aromatic rings. The molecule has 0 spiro atoms. The van der Waals surface area contributed by atoms with E-state index in [1.54, 1.807) is 18.4 Å². The Hall–Kier alpha value is -1.55. The van der Waals surface area contributed by atoms with Gasteiger partial charge in [-0.2, -0.15) is 0 Å². The molecular formula is C16H22N2O2. The standard InChI is InChI=1S/C16H22N2O2/c19-16(8-7-15-4-2-10-20-15)18(11-13-5-6-13)12-14-3-1-9-17-14/h2,4,7-8,10,13-14,17H,1,3,5-6,9,11-12H2/b8-7+. The Bertz CT molecular complexity index is 457. The van der Waals surface area contributed by atoms with Crippen LogP contribution >= 0.6 is 0 Å². The Morgan fingerprint density at radius 1 is 1.40 bits per heavy atom. The number of rotatable bonds is 6. The summed E-state index contributed by atoms with van der Waals surface area (Å²) in [5, 5.41) is 3.47. The molecule has 2 aliphatic rings.